The fraction of sp³-hybridized carbons (Fsp3) is 1.00. The van der Waals surface area contributed by atoms with Crippen LogP contribution in [-0.2, 0) is 10.0 Å². The van der Waals surface area contributed by atoms with Gasteiger partial charge in [-0.2, -0.15) is 4.31 Å². The summed E-state index contributed by atoms with van der Waals surface area (Å²) in [5.41, 5.74) is 6.62. The third kappa shape index (κ3) is 3.35. The number of nitrogens with two attached hydrogens (primary N) is 1. The summed E-state index contributed by atoms with van der Waals surface area (Å²) in [6, 6.07) is 0. The van der Waals surface area contributed by atoms with Gasteiger partial charge in [-0.3, -0.25) is 4.90 Å². The second kappa shape index (κ2) is 5.55. The van der Waals surface area contributed by atoms with E-state index in [1.165, 1.54) is 19.1 Å². The lowest BCUT2D eigenvalue weighted by molar-refractivity contribution is 0.00403. The molecule has 6 heteroatoms. The molecule has 0 aromatic carbocycles. The van der Waals surface area contributed by atoms with Gasteiger partial charge in [0.15, 0.2) is 0 Å². The number of nitrogens with zero attached hydrogens (tertiary/aromatic N) is 2. The summed E-state index contributed by atoms with van der Waals surface area (Å²) < 4.78 is 24.8. The number of hydrogen-bond acceptors (Lipinski definition) is 4. The summed E-state index contributed by atoms with van der Waals surface area (Å²) in [6.07, 6.45) is 5.97. The molecule has 2 N–H and O–H groups in total. The first-order chi connectivity index (χ1) is 9.19. The number of sulfonamides is 1. The summed E-state index contributed by atoms with van der Waals surface area (Å²) >= 11 is 0. The van der Waals surface area contributed by atoms with E-state index < -0.39 is 10.0 Å². The second-order valence-corrected chi connectivity index (χ2v) is 9.22. The minimum absolute atomic E-state index is 0.0963. The number of rotatable bonds is 3. The molecule has 2 aliphatic rings. The zero-order chi connectivity index (χ0) is 15.0. The van der Waals surface area contributed by atoms with Crippen LogP contribution in [0.15, 0.2) is 0 Å². The molecule has 1 aliphatic heterocycles. The molecule has 5 nitrogen and oxygen atoms in total. The highest BCUT2D eigenvalue weighted by Crippen LogP contribution is 2.42. The zero-order valence-electron chi connectivity index (χ0n) is 13.1. The SMILES string of the molecule is CC1(C)CCC(CN)(N2CCN(S(C)(=O)=O)CC2)CC1. The fourth-order valence-corrected chi connectivity index (χ4v) is 4.36. The lowest BCUT2D eigenvalue weighted by Gasteiger charge is -2.51. The van der Waals surface area contributed by atoms with Crippen LogP contribution in [0.25, 0.3) is 0 Å². The lowest BCUT2D eigenvalue weighted by Crippen LogP contribution is -2.62. The van der Waals surface area contributed by atoms with Gasteiger partial charge in [0.05, 0.1) is 6.26 Å². The number of hydrogen-bond donors (Lipinski definition) is 1. The molecule has 1 saturated heterocycles. The first-order valence-corrected chi connectivity index (χ1v) is 9.44. The summed E-state index contributed by atoms with van der Waals surface area (Å²) in [6.45, 7) is 8.16. The van der Waals surface area contributed by atoms with E-state index in [4.69, 9.17) is 5.73 Å². The van der Waals surface area contributed by atoms with Gasteiger partial charge in [-0.25, -0.2) is 8.42 Å². The summed E-state index contributed by atoms with van der Waals surface area (Å²) in [7, 11) is -3.05. The van der Waals surface area contributed by atoms with Crippen molar-refractivity contribution in [2.24, 2.45) is 11.1 Å². The minimum Gasteiger partial charge on any atom is -0.329 e. The Hall–Kier alpha value is -0.170. The van der Waals surface area contributed by atoms with E-state index in [2.05, 4.69) is 18.7 Å². The van der Waals surface area contributed by atoms with E-state index in [9.17, 15) is 8.42 Å². The Morgan fingerprint density at radius 2 is 1.50 bits per heavy atom. The smallest absolute Gasteiger partial charge is 0.211 e. The van der Waals surface area contributed by atoms with Crippen LogP contribution in [0, 0.1) is 5.41 Å². The van der Waals surface area contributed by atoms with E-state index in [1.807, 2.05) is 0 Å². The van der Waals surface area contributed by atoms with Crippen LogP contribution in [0.4, 0.5) is 0 Å². The van der Waals surface area contributed by atoms with Gasteiger partial charge in [-0.1, -0.05) is 13.8 Å². The molecular weight excluding hydrogens is 274 g/mol. The molecule has 2 fully saturated rings. The van der Waals surface area contributed by atoms with Crippen LogP contribution in [0.1, 0.15) is 39.5 Å². The Morgan fingerprint density at radius 1 is 1.00 bits per heavy atom. The molecule has 0 unspecified atom stereocenters. The molecule has 118 valence electrons. The van der Waals surface area contributed by atoms with E-state index in [1.54, 1.807) is 4.31 Å². The Balaban J connectivity index is 2.01. The molecule has 0 aromatic heterocycles. The van der Waals surface area contributed by atoms with Crippen molar-refractivity contribution in [3.63, 3.8) is 0 Å². The monoisotopic (exact) mass is 303 g/mol. The normalized spacial score (nSPS) is 28.4. The average molecular weight is 303 g/mol. The zero-order valence-corrected chi connectivity index (χ0v) is 13.9. The lowest BCUT2D eigenvalue weighted by atomic mass is 9.68. The van der Waals surface area contributed by atoms with Gasteiger partial charge in [-0.05, 0) is 31.1 Å². The second-order valence-electron chi connectivity index (χ2n) is 7.24. The highest BCUT2D eigenvalue weighted by molar-refractivity contribution is 7.88. The van der Waals surface area contributed by atoms with E-state index in [-0.39, 0.29) is 5.54 Å². The Labute approximate surface area is 123 Å². The molecule has 0 aromatic rings. The molecule has 20 heavy (non-hydrogen) atoms. The molecular formula is C14H29N3O2S. The Morgan fingerprint density at radius 3 is 1.90 bits per heavy atom. The molecule has 0 bridgehead atoms. The van der Waals surface area contributed by atoms with Crippen LogP contribution in [-0.4, -0.2) is 62.1 Å². The molecule has 0 atom stereocenters. The molecule has 0 spiro atoms. The maximum Gasteiger partial charge on any atom is 0.211 e. The first kappa shape index (κ1) is 16.2. The molecule has 0 amide bonds. The summed E-state index contributed by atoms with van der Waals surface area (Å²) in [5.74, 6) is 0. The standard InChI is InChI=1S/C14H29N3O2S/c1-13(2)4-6-14(12-15,7-5-13)16-8-10-17(11-9-16)20(3,18)19/h4-12,15H2,1-3H3. The highest BCUT2D eigenvalue weighted by Gasteiger charge is 2.42. The molecule has 1 aliphatic carbocycles. The van der Waals surface area contributed by atoms with Gasteiger partial charge in [0.1, 0.15) is 0 Å². The predicted octanol–water partition coefficient (Wildman–Crippen LogP) is 0.861. The van der Waals surface area contributed by atoms with Crippen molar-refractivity contribution in [1.29, 1.82) is 0 Å². The van der Waals surface area contributed by atoms with E-state index in [0.29, 0.717) is 25.0 Å². The molecule has 0 radical (unpaired) electrons. The third-order valence-electron chi connectivity index (χ3n) is 5.29. The Bertz CT molecular complexity index is 429. The van der Waals surface area contributed by atoms with Gasteiger partial charge in [0, 0.05) is 38.3 Å². The van der Waals surface area contributed by atoms with Crippen LogP contribution < -0.4 is 5.73 Å². The quantitative estimate of drug-likeness (QED) is 0.840. The maximum atomic E-state index is 11.6. The molecule has 1 saturated carbocycles. The highest BCUT2D eigenvalue weighted by atomic mass is 32.2. The fourth-order valence-electron chi connectivity index (χ4n) is 3.54. The van der Waals surface area contributed by atoms with Gasteiger partial charge < -0.3 is 5.73 Å². The maximum absolute atomic E-state index is 11.6. The summed E-state index contributed by atoms with van der Waals surface area (Å²) in [4.78, 5) is 2.45. The van der Waals surface area contributed by atoms with Gasteiger partial charge in [-0.15, -0.1) is 0 Å². The van der Waals surface area contributed by atoms with Crippen molar-refractivity contribution in [3.8, 4) is 0 Å². The average Bonchev–Trinajstić information content (AvgIpc) is 2.39. The van der Waals surface area contributed by atoms with Crippen LogP contribution in [0.3, 0.4) is 0 Å². The van der Waals surface area contributed by atoms with Crippen molar-refractivity contribution >= 4 is 10.0 Å². The predicted molar refractivity (Wildman–Crippen MR) is 82.0 cm³/mol. The molecule has 1 heterocycles. The van der Waals surface area contributed by atoms with Crippen molar-refractivity contribution in [3.05, 3.63) is 0 Å². The molecule has 2 rings (SSSR count). The number of piperazine rings is 1. The van der Waals surface area contributed by atoms with Crippen molar-refractivity contribution in [1.82, 2.24) is 9.21 Å². The van der Waals surface area contributed by atoms with E-state index in [0.717, 1.165) is 25.9 Å². The topological polar surface area (TPSA) is 66.6 Å². The van der Waals surface area contributed by atoms with Crippen LogP contribution in [0.5, 0.6) is 0 Å². The summed E-state index contributed by atoms with van der Waals surface area (Å²) in [5, 5.41) is 0. The van der Waals surface area contributed by atoms with Crippen molar-refractivity contribution < 1.29 is 8.42 Å². The van der Waals surface area contributed by atoms with Crippen molar-refractivity contribution in [2.75, 3.05) is 39.0 Å². The van der Waals surface area contributed by atoms with E-state index >= 15 is 0 Å². The van der Waals surface area contributed by atoms with Gasteiger partial charge in [0.25, 0.3) is 0 Å². The van der Waals surface area contributed by atoms with Gasteiger partial charge >= 0.3 is 0 Å². The largest absolute Gasteiger partial charge is 0.329 e. The first-order valence-electron chi connectivity index (χ1n) is 7.59. The minimum atomic E-state index is -3.05. The van der Waals surface area contributed by atoms with Gasteiger partial charge in [0.2, 0.25) is 10.0 Å². The van der Waals surface area contributed by atoms with Crippen molar-refractivity contribution in [2.45, 2.75) is 45.1 Å². The van der Waals surface area contributed by atoms with Crippen LogP contribution in [0.2, 0.25) is 0 Å². The third-order valence-corrected chi connectivity index (χ3v) is 6.60. The Kier molecular flexibility index (Phi) is 4.50. The van der Waals surface area contributed by atoms with Crippen LogP contribution >= 0.6 is 0 Å².